The lowest BCUT2D eigenvalue weighted by molar-refractivity contribution is 0.102. The topological polar surface area (TPSA) is 60.7 Å². The van der Waals surface area contributed by atoms with E-state index in [4.69, 9.17) is 11.6 Å². The normalized spacial score (nSPS) is 10.7. The molecule has 0 fully saturated rings. The second-order valence-electron chi connectivity index (χ2n) is 4.57. The number of halogens is 2. The number of rotatable bonds is 5. The Balaban J connectivity index is 1.72. The minimum Gasteiger partial charge on any atom is -0.293 e. The molecule has 0 atom stereocenters. The fourth-order valence-corrected chi connectivity index (χ4v) is 3.13. The molecule has 0 saturated carbocycles. The Labute approximate surface area is 155 Å². The SMILES string of the molecule is O=C(CSc1nnnn1-c1ccc(Cl)cc1)c1ccc(I)cc1. The molecular formula is C15H10ClIN4OS. The summed E-state index contributed by atoms with van der Waals surface area (Å²) in [6.45, 7) is 0. The summed E-state index contributed by atoms with van der Waals surface area (Å²) >= 11 is 9.39. The molecule has 8 heteroatoms. The average molecular weight is 457 g/mol. The third kappa shape index (κ3) is 4.10. The molecule has 0 aliphatic heterocycles. The second kappa shape index (κ2) is 7.41. The molecule has 0 radical (unpaired) electrons. The van der Waals surface area contributed by atoms with Crippen molar-refractivity contribution in [2.24, 2.45) is 0 Å². The van der Waals surface area contributed by atoms with Crippen molar-refractivity contribution in [3.63, 3.8) is 0 Å². The van der Waals surface area contributed by atoms with Crippen molar-refractivity contribution >= 4 is 51.7 Å². The fraction of sp³-hybridized carbons (Fsp3) is 0.0667. The van der Waals surface area contributed by atoms with Gasteiger partial charge in [-0.2, -0.15) is 4.68 Å². The van der Waals surface area contributed by atoms with Gasteiger partial charge in [0.2, 0.25) is 5.16 Å². The minimum absolute atomic E-state index is 0.0389. The standard InChI is InChI=1S/C15H10ClIN4OS/c16-11-3-7-13(8-4-11)21-15(18-19-20-21)23-9-14(22)10-1-5-12(17)6-2-10/h1-8H,9H2. The third-order valence-corrected chi connectivity index (χ3v) is 4.90. The van der Waals surface area contributed by atoms with Crippen molar-refractivity contribution in [3.8, 4) is 5.69 Å². The first-order valence-corrected chi connectivity index (χ1v) is 9.03. The summed E-state index contributed by atoms with van der Waals surface area (Å²) in [6, 6.07) is 14.7. The van der Waals surface area contributed by atoms with Gasteiger partial charge in [-0.05, 0) is 69.4 Å². The molecule has 0 amide bonds. The number of ketones is 1. The molecule has 5 nitrogen and oxygen atoms in total. The predicted octanol–water partition coefficient (Wildman–Crippen LogP) is 3.90. The Morgan fingerprint density at radius 1 is 1.13 bits per heavy atom. The summed E-state index contributed by atoms with van der Waals surface area (Å²) in [5, 5.41) is 12.8. The van der Waals surface area contributed by atoms with Crippen LogP contribution in [0.3, 0.4) is 0 Å². The Morgan fingerprint density at radius 2 is 1.83 bits per heavy atom. The summed E-state index contributed by atoms with van der Waals surface area (Å²) in [6.07, 6.45) is 0. The first-order valence-electron chi connectivity index (χ1n) is 6.59. The molecule has 116 valence electrons. The van der Waals surface area contributed by atoms with E-state index in [0.29, 0.717) is 15.7 Å². The van der Waals surface area contributed by atoms with Crippen LogP contribution in [0.25, 0.3) is 5.69 Å². The predicted molar refractivity (Wildman–Crippen MR) is 98.4 cm³/mol. The first-order chi connectivity index (χ1) is 11.1. The lowest BCUT2D eigenvalue weighted by atomic mass is 10.2. The van der Waals surface area contributed by atoms with Crippen LogP contribution in [-0.2, 0) is 0 Å². The number of carbonyl (C=O) groups excluding carboxylic acids is 1. The van der Waals surface area contributed by atoms with Crippen LogP contribution in [-0.4, -0.2) is 31.7 Å². The third-order valence-electron chi connectivity index (χ3n) is 3.01. The maximum absolute atomic E-state index is 12.2. The van der Waals surface area contributed by atoms with Gasteiger partial charge >= 0.3 is 0 Å². The molecule has 2 aromatic carbocycles. The maximum Gasteiger partial charge on any atom is 0.214 e. The van der Waals surface area contributed by atoms with Crippen LogP contribution in [0.15, 0.2) is 53.7 Å². The molecule has 0 saturated heterocycles. The van der Waals surface area contributed by atoms with Crippen LogP contribution in [0.2, 0.25) is 5.02 Å². The second-order valence-corrected chi connectivity index (χ2v) is 7.19. The average Bonchev–Trinajstić information content (AvgIpc) is 3.02. The lowest BCUT2D eigenvalue weighted by Crippen LogP contribution is -2.05. The molecule has 1 aromatic heterocycles. The van der Waals surface area contributed by atoms with Gasteiger partial charge in [0.25, 0.3) is 0 Å². The van der Waals surface area contributed by atoms with E-state index in [-0.39, 0.29) is 11.5 Å². The minimum atomic E-state index is 0.0389. The number of nitrogens with zero attached hydrogens (tertiary/aromatic N) is 4. The number of hydrogen-bond donors (Lipinski definition) is 0. The van der Waals surface area contributed by atoms with E-state index in [1.54, 1.807) is 16.8 Å². The molecule has 0 bridgehead atoms. The Kier molecular flexibility index (Phi) is 5.29. The van der Waals surface area contributed by atoms with Crippen LogP contribution in [0.1, 0.15) is 10.4 Å². The van der Waals surface area contributed by atoms with Gasteiger partial charge < -0.3 is 0 Å². The Hall–Kier alpha value is -1.45. The van der Waals surface area contributed by atoms with E-state index in [1.807, 2.05) is 36.4 Å². The van der Waals surface area contributed by atoms with Crippen molar-refractivity contribution in [2.75, 3.05) is 5.75 Å². The monoisotopic (exact) mass is 456 g/mol. The molecule has 0 aliphatic rings. The van der Waals surface area contributed by atoms with E-state index >= 15 is 0 Å². The van der Waals surface area contributed by atoms with Crippen molar-refractivity contribution in [3.05, 3.63) is 62.7 Å². The lowest BCUT2D eigenvalue weighted by Gasteiger charge is -2.04. The molecule has 23 heavy (non-hydrogen) atoms. The zero-order valence-electron chi connectivity index (χ0n) is 11.7. The van der Waals surface area contributed by atoms with E-state index in [1.165, 1.54) is 11.8 Å². The van der Waals surface area contributed by atoms with Crippen molar-refractivity contribution in [1.82, 2.24) is 20.2 Å². The van der Waals surface area contributed by atoms with Crippen LogP contribution in [0, 0.1) is 3.57 Å². The fourth-order valence-electron chi connectivity index (χ4n) is 1.86. The van der Waals surface area contributed by atoms with Gasteiger partial charge in [0.05, 0.1) is 11.4 Å². The number of benzene rings is 2. The number of hydrogen-bond acceptors (Lipinski definition) is 5. The van der Waals surface area contributed by atoms with Crippen molar-refractivity contribution in [2.45, 2.75) is 5.16 Å². The maximum atomic E-state index is 12.2. The Bertz CT molecular complexity index is 820. The number of carbonyl (C=O) groups is 1. The molecule has 0 N–H and O–H groups in total. The van der Waals surface area contributed by atoms with Gasteiger partial charge in [-0.15, -0.1) is 5.10 Å². The highest BCUT2D eigenvalue weighted by molar-refractivity contribution is 14.1. The summed E-state index contributed by atoms with van der Waals surface area (Å²) in [5.41, 5.74) is 1.48. The van der Waals surface area contributed by atoms with Crippen molar-refractivity contribution < 1.29 is 4.79 Å². The van der Waals surface area contributed by atoms with Crippen LogP contribution >= 0.6 is 46.0 Å². The van der Waals surface area contributed by atoms with Gasteiger partial charge in [-0.1, -0.05) is 35.5 Å². The molecule has 3 rings (SSSR count). The largest absolute Gasteiger partial charge is 0.293 e. The van der Waals surface area contributed by atoms with Crippen LogP contribution < -0.4 is 0 Å². The highest BCUT2D eigenvalue weighted by Crippen LogP contribution is 2.21. The molecule has 0 spiro atoms. The summed E-state index contributed by atoms with van der Waals surface area (Å²) in [5.74, 6) is 0.311. The quantitative estimate of drug-likeness (QED) is 0.331. The number of Topliss-reactive ketones (excluding diaryl/α,β-unsaturated/α-hetero) is 1. The number of tetrazole rings is 1. The number of aromatic nitrogens is 4. The molecular weight excluding hydrogens is 447 g/mol. The van der Waals surface area contributed by atoms with E-state index < -0.39 is 0 Å². The molecule has 0 aliphatic carbocycles. The van der Waals surface area contributed by atoms with Crippen LogP contribution in [0.5, 0.6) is 0 Å². The zero-order valence-corrected chi connectivity index (χ0v) is 15.4. The highest BCUT2D eigenvalue weighted by Gasteiger charge is 2.12. The Morgan fingerprint density at radius 3 is 2.52 bits per heavy atom. The van der Waals surface area contributed by atoms with E-state index in [0.717, 1.165) is 9.26 Å². The highest BCUT2D eigenvalue weighted by atomic mass is 127. The molecule has 0 unspecified atom stereocenters. The van der Waals surface area contributed by atoms with Gasteiger partial charge in [0, 0.05) is 14.2 Å². The smallest absolute Gasteiger partial charge is 0.214 e. The van der Waals surface area contributed by atoms with Crippen molar-refractivity contribution in [1.29, 1.82) is 0 Å². The number of thioether (sulfide) groups is 1. The summed E-state index contributed by atoms with van der Waals surface area (Å²) in [7, 11) is 0. The van der Waals surface area contributed by atoms with Crippen LogP contribution in [0.4, 0.5) is 0 Å². The van der Waals surface area contributed by atoms with E-state index in [2.05, 4.69) is 38.1 Å². The van der Waals surface area contributed by atoms with Gasteiger partial charge in [0.1, 0.15) is 0 Å². The molecule has 3 aromatic rings. The summed E-state index contributed by atoms with van der Waals surface area (Å²) in [4.78, 5) is 12.2. The zero-order chi connectivity index (χ0) is 16.2. The van der Waals surface area contributed by atoms with Gasteiger partial charge in [-0.3, -0.25) is 4.79 Å². The first kappa shape index (κ1) is 16.4. The van der Waals surface area contributed by atoms with E-state index in [9.17, 15) is 4.79 Å². The molecule has 1 heterocycles. The van der Waals surface area contributed by atoms with Gasteiger partial charge in [0.15, 0.2) is 5.78 Å². The van der Waals surface area contributed by atoms with Gasteiger partial charge in [-0.25, -0.2) is 0 Å². The summed E-state index contributed by atoms with van der Waals surface area (Å²) < 4.78 is 2.68.